The highest BCUT2D eigenvalue weighted by molar-refractivity contribution is 7.86. The van der Waals surface area contributed by atoms with Gasteiger partial charge in [-0.25, -0.2) is 9.59 Å². The molecule has 0 aromatic heterocycles. The largest absolute Gasteiger partial charge is 0.478 e. The highest BCUT2D eigenvalue weighted by Gasteiger charge is 2.14. The van der Waals surface area contributed by atoms with Crippen molar-refractivity contribution in [2.75, 3.05) is 6.26 Å². The summed E-state index contributed by atoms with van der Waals surface area (Å²) in [5, 5.41) is 8.99. The van der Waals surface area contributed by atoms with Gasteiger partial charge in [0.15, 0.2) is 0 Å². The number of carbonyl (C=O) groups excluding carboxylic acids is 1. The molecular weight excluding hydrogens is 308 g/mol. The van der Waals surface area contributed by atoms with E-state index in [0.29, 0.717) is 11.1 Å². The van der Waals surface area contributed by atoms with Crippen molar-refractivity contribution in [2.45, 2.75) is 0 Å². The minimum Gasteiger partial charge on any atom is -0.478 e. The fourth-order valence-corrected chi connectivity index (χ4v) is 2.21. The zero-order valence-corrected chi connectivity index (χ0v) is 12.3. The number of carboxylic acids is 1. The third-order valence-corrected chi connectivity index (χ3v) is 3.22. The molecule has 7 heteroatoms. The van der Waals surface area contributed by atoms with E-state index in [0.717, 1.165) is 6.26 Å². The summed E-state index contributed by atoms with van der Waals surface area (Å²) in [6, 6.07) is 12.3. The van der Waals surface area contributed by atoms with Crippen LogP contribution in [0.5, 0.6) is 0 Å². The van der Waals surface area contributed by atoms with Gasteiger partial charge >= 0.3 is 22.1 Å². The molecule has 2 aromatic rings. The van der Waals surface area contributed by atoms with Crippen molar-refractivity contribution in [3.05, 3.63) is 59.7 Å². The van der Waals surface area contributed by atoms with Crippen molar-refractivity contribution in [1.82, 2.24) is 0 Å². The predicted molar refractivity (Wildman–Crippen MR) is 79.1 cm³/mol. The van der Waals surface area contributed by atoms with E-state index in [9.17, 15) is 18.0 Å². The van der Waals surface area contributed by atoms with Gasteiger partial charge in [0.05, 0.1) is 17.4 Å². The molecule has 2 aromatic carbocycles. The molecule has 114 valence electrons. The fraction of sp³-hybridized carbons (Fsp3) is 0.0667. The van der Waals surface area contributed by atoms with Crippen molar-refractivity contribution < 1.29 is 27.3 Å². The smallest absolute Gasteiger partial charge is 0.353 e. The number of benzene rings is 2. The first-order valence-electron chi connectivity index (χ1n) is 6.14. The van der Waals surface area contributed by atoms with E-state index in [1.807, 2.05) is 0 Å². The fourth-order valence-electron chi connectivity index (χ4n) is 1.84. The summed E-state index contributed by atoms with van der Waals surface area (Å²) in [7, 11) is -3.89. The summed E-state index contributed by atoms with van der Waals surface area (Å²) in [4.78, 5) is 22.7. The molecule has 0 aliphatic rings. The summed E-state index contributed by atoms with van der Waals surface area (Å²) in [6.45, 7) is 0. The van der Waals surface area contributed by atoms with Crippen LogP contribution in [0.25, 0.3) is 11.1 Å². The lowest BCUT2D eigenvalue weighted by Gasteiger charge is -2.06. The maximum Gasteiger partial charge on any atom is 0.353 e. The van der Waals surface area contributed by atoms with Crippen molar-refractivity contribution >= 4 is 22.1 Å². The van der Waals surface area contributed by atoms with E-state index in [1.54, 1.807) is 24.3 Å². The van der Waals surface area contributed by atoms with Crippen molar-refractivity contribution in [3.63, 3.8) is 0 Å². The van der Waals surface area contributed by atoms with E-state index < -0.39 is 22.1 Å². The van der Waals surface area contributed by atoms with Gasteiger partial charge in [-0.05, 0) is 35.4 Å². The molecule has 1 N–H and O–H groups in total. The SMILES string of the molecule is CS(=O)(=O)OC(=O)c1cccc(-c2cccc(C(=O)O)c2)c1. The molecule has 0 aliphatic carbocycles. The highest BCUT2D eigenvalue weighted by atomic mass is 32.2. The van der Waals surface area contributed by atoms with E-state index >= 15 is 0 Å². The van der Waals surface area contributed by atoms with Crippen LogP contribution in [-0.4, -0.2) is 31.7 Å². The third kappa shape index (κ3) is 3.92. The first-order chi connectivity index (χ1) is 10.3. The Morgan fingerprint density at radius 1 is 0.955 bits per heavy atom. The molecule has 22 heavy (non-hydrogen) atoms. The Kier molecular flexibility index (Phi) is 4.27. The van der Waals surface area contributed by atoms with E-state index in [4.69, 9.17) is 5.11 Å². The number of aromatic carboxylic acids is 1. The van der Waals surface area contributed by atoms with Gasteiger partial charge in [-0.15, -0.1) is 0 Å². The van der Waals surface area contributed by atoms with Crippen LogP contribution in [0.4, 0.5) is 0 Å². The van der Waals surface area contributed by atoms with Crippen LogP contribution in [0.2, 0.25) is 0 Å². The number of hydrogen-bond donors (Lipinski definition) is 1. The maximum atomic E-state index is 11.7. The summed E-state index contributed by atoms with van der Waals surface area (Å²) in [5.74, 6) is -2.05. The predicted octanol–water partition coefficient (Wildman–Crippen LogP) is 2.17. The monoisotopic (exact) mass is 320 g/mol. The molecule has 0 saturated heterocycles. The molecule has 6 nitrogen and oxygen atoms in total. The van der Waals surface area contributed by atoms with Crippen molar-refractivity contribution in [3.8, 4) is 11.1 Å². The zero-order chi connectivity index (χ0) is 16.3. The molecule has 0 saturated carbocycles. The van der Waals surface area contributed by atoms with Crippen LogP contribution < -0.4 is 0 Å². The molecule has 2 rings (SSSR count). The molecule has 0 radical (unpaired) electrons. The van der Waals surface area contributed by atoms with Crippen LogP contribution >= 0.6 is 0 Å². The number of carboxylic acid groups (broad SMARTS) is 1. The van der Waals surface area contributed by atoms with Gasteiger partial charge < -0.3 is 9.29 Å². The lowest BCUT2D eigenvalue weighted by atomic mass is 10.0. The second-order valence-electron chi connectivity index (χ2n) is 4.54. The molecule has 0 amide bonds. The van der Waals surface area contributed by atoms with Gasteiger partial charge in [0.25, 0.3) is 0 Å². The first-order valence-corrected chi connectivity index (χ1v) is 7.95. The quantitative estimate of drug-likeness (QED) is 0.867. The van der Waals surface area contributed by atoms with Crippen LogP contribution in [-0.2, 0) is 14.3 Å². The van der Waals surface area contributed by atoms with Gasteiger partial charge in [0.2, 0.25) is 0 Å². The Bertz CT molecular complexity index is 839. The molecule has 0 bridgehead atoms. The van der Waals surface area contributed by atoms with Gasteiger partial charge in [-0.3, -0.25) is 0 Å². The van der Waals surface area contributed by atoms with Crippen LogP contribution in [0.15, 0.2) is 48.5 Å². The standard InChI is InChI=1S/C15H12O6S/c1-22(19,20)21-15(18)13-7-3-5-11(9-13)10-4-2-6-12(8-10)14(16)17/h2-9H,1H3,(H,16,17). The van der Waals surface area contributed by atoms with E-state index in [1.165, 1.54) is 24.3 Å². The zero-order valence-electron chi connectivity index (χ0n) is 11.5. The summed E-state index contributed by atoms with van der Waals surface area (Å²) in [6.07, 6.45) is 0.783. The lowest BCUT2D eigenvalue weighted by Crippen LogP contribution is -2.11. The summed E-state index contributed by atoms with van der Waals surface area (Å²) >= 11 is 0. The van der Waals surface area contributed by atoms with Gasteiger partial charge in [0.1, 0.15) is 0 Å². The molecule has 0 aliphatic heterocycles. The van der Waals surface area contributed by atoms with E-state index in [2.05, 4.69) is 4.18 Å². The summed E-state index contributed by atoms with van der Waals surface area (Å²) in [5.41, 5.74) is 1.34. The lowest BCUT2D eigenvalue weighted by molar-refractivity contribution is 0.0694. The number of hydrogen-bond acceptors (Lipinski definition) is 5. The van der Waals surface area contributed by atoms with Gasteiger partial charge in [0, 0.05) is 0 Å². The number of carbonyl (C=O) groups is 2. The minimum atomic E-state index is -3.89. The Morgan fingerprint density at radius 3 is 1.95 bits per heavy atom. The Hall–Kier alpha value is -2.67. The summed E-state index contributed by atoms with van der Waals surface area (Å²) < 4.78 is 26.3. The Balaban J connectivity index is 2.38. The van der Waals surface area contributed by atoms with E-state index in [-0.39, 0.29) is 11.1 Å². The molecular formula is C15H12O6S. The van der Waals surface area contributed by atoms with Crippen LogP contribution in [0.3, 0.4) is 0 Å². The molecule has 0 atom stereocenters. The topological polar surface area (TPSA) is 97.7 Å². The second kappa shape index (κ2) is 5.98. The molecule has 0 spiro atoms. The van der Waals surface area contributed by atoms with Gasteiger partial charge in [-0.2, -0.15) is 8.42 Å². The first kappa shape index (κ1) is 15.7. The molecule has 0 fully saturated rings. The normalized spacial score (nSPS) is 11.0. The number of rotatable bonds is 4. The molecule has 0 heterocycles. The third-order valence-electron chi connectivity index (χ3n) is 2.77. The van der Waals surface area contributed by atoms with Crippen LogP contribution in [0.1, 0.15) is 20.7 Å². The van der Waals surface area contributed by atoms with Crippen LogP contribution in [0, 0.1) is 0 Å². The second-order valence-corrected chi connectivity index (χ2v) is 6.12. The Morgan fingerprint density at radius 2 is 1.45 bits per heavy atom. The Labute approximate surface area is 127 Å². The highest BCUT2D eigenvalue weighted by Crippen LogP contribution is 2.22. The van der Waals surface area contributed by atoms with Gasteiger partial charge in [-0.1, -0.05) is 24.3 Å². The maximum absolute atomic E-state index is 11.7. The average molecular weight is 320 g/mol. The average Bonchev–Trinajstić information content (AvgIpc) is 2.46. The minimum absolute atomic E-state index is 0.0589. The van der Waals surface area contributed by atoms with Crippen molar-refractivity contribution in [2.24, 2.45) is 0 Å². The van der Waals surface area contributed by atoms with Crippen molar-refractivity contribution in [1.29, 1.82) is 0 Å². The molecule has 0 unspecified atom stereocenters.